The van der Waals surface area contributed by atoms with E-state index in [0.717, 1.165) is 56.3 Å². The Balaban J connectivity index is 1.13. The molecule has 0 radical (unpaired) electrons. The van der Waals surface area contributed by atoms with Crippen molar-refractivity contribution in [3.63, 3.8) is 0 Å². The maximum absolute atomic E-state index is 5.09. The van der Waals surface area contributed by atoms with Gasteiger partial charge in [0.1, 0.15) is 0 Å². The smallest absolute Gasteiger partial charge is 0.0973 e. The fourth-order valence-corrected chi connectivity index (χ4v) is 6.58. The molecular weight excluding hydrogens is 589 g/mol. The minimum absolute atomic E-state index is 0.846. The lowest BCUT2D eigenvalue weighted by Crippen LogP contribution is -2.10. The fourth-order valence-electron chi connectivity index (χ4n) is 6.58. The highest BCUT2D eigenvalue weighted by Gasteiger charge is 2.17. The van der Waals surface area contributed by atoms with Crippen LogP contribution in [0.3, 0.4) is 0 Å². The Kier molecular flexibility index (Phi) is 6.68. The van der Waals surface area contributed by atoms with E-state index in [1.165, 1.54) is 21.8 Å². The van der Waals surface area contributed by atoms with E-state index in [-0.39, 0.29) is 0 Å². The SMILES string of the molecule is c1ccc(-c2nc3ccccc3nc2-c2ccc(N(c3ccc(-n4c5ccccc5c5ccccc54)cc3)c3ccnnc3)cc2)cc1. The minimum atomic E-state index is 0.846. The molecule has 48 heavy (non-hydrogen) atoms. The van der Waals surface area contributed by atoms with Crippen molar-refractivity contribution in [3.8, 4) is 28.2 Å². The zero-order chi connectivity index (χ0) is 31.9. The lowest BCUT2D eigenvalue weighted by atomic mass is 10.0. The van der Waals surface area contributed by atoms with Crippen LogP contribution in [0.15, 0.2) is 170 Å². The number of fused-ring (bicyclic) bond motifs is 4. The van der Waals surface area contributed by atoms with E-state index in [2.05, 4.69) is 129 Å². The Morgan fingerprint density at radius 3 is 1.52 bits per heavy atom. The normalized spacial score (nSPS) is 11.3. The van der Waals surface area contributed by atoms with Crippen LogP contribution in [0, 0.1) is 0 Å². The van der Waals surface area contributed by atoms with Gasteiger partial charge in [-0.3, -0.25) is 0 Å². The van der Waals surface area contributed by atoms with Gasteiger partial charge in [-0.05, 0) is 66.7 Å². The topological polar surface area (TPSA) is 59.7 Å². The molecule has 6 aromatic carbocycles. The maximum Gasteiger partial charge on any atom is 0.0973 e. The summed E-state index contributed by atoms with van der Waals surface area (Å²) in [6.07, 6.45) is 3.51. The summed E-state index contributed by atoms with van der Waals surface area (Å²) in [6, 6.07) is 54.6. The summed E-state index contributed by atoms with van der Waals surface area (Å²) < 4.78 is 2.33. The van der Waals surface area contributed by atoms with Crippen LogP contribution < -0.4 is 4.90 Å². The quantitative estimate of drug-likeness (QED) is 0.186. The second-order valence-corrected chi connectivity index (χ2v) is 11.6. The number of rotatable bonds is 6. The van der Waals surface area contributed by atoms with E-state index in [1.54, 1.807) is 12.4 Å². The molecule has 0 aliphatic rings. The summed E-state index contributed by atoms with van der Waals surface area (Å²) in [5.74, 6) is 0. The molecule has 0 spiro atoms. The van der Waals surface area contributed by atoms with Crippen LogP contribution >= 0.6 is 0 Å². The van der Waals surface area contributed by atoms with E-state index in [9.17, 15) is 0 Å². The van der Waals surface area contributed by atoms with E-state index < -0.39 is 0 Å². The van der Waals surface area contributed by atoms with Gasteiger partial charge >= 0.3 is 0 Å². The summed E-state index contributed by atoms with van der Waals surface area (Å²) in [5.41, 5.74) is 11.8. The molecule has 9 rings (SSSR count). The van der Waals surface area contributed by atoms with Gasteiger partial charge in [0.2, 0.25) is 0 Å². The van der Waals surface area contributed by atoms with Gasteiger partial charge in [0.15, 0.2) is 0 Å². The van der Waals surface area contributed by atoms with Crippen molar-refractivity contribution in [2.24, 2.45) is 0 Å². The van der Waals surface area contributed by atoms with Crippen molar-refractivity contribution in [2.75, 3.05) is 4.90 Å². The number of para-hydroxylation sites is 4. The Morgan fingerprint density at radius 1 is 0.417 bits per heavy atom. The molecule has 226 valence electrons. The zero-order valence-corrected chi connectivity index (χ0v) is 25.8. The number of aromatic nitrogens is 5. The molecule has 0 saturated heterocycles. The van der Waals surface area contributed by atoms with Gasteiger partial charge in [-0.2, -0.15) is 10.2 Å². The van der Waals surface area contributed by atoms with Crippen LogP contribution in [0.2, 0.25) is 0 Å². The highest BCUT2D eigenvalue weighted by molar-refractivity contribution is 6.09. The summed E-state index contributed by atoms with van der Waals surface area (Å²) in [5, 5.41) is 10.7. The third kappa shape index (κ3) is 4.75. The van der Waals surface area contributed by atoms with Gasteiger partial charge in [0.05, 0.1) is 51.5 Å². The second-order valence-electron chi connectivity index (χ2n) is 11.6. The van der Waals surface area contributed by atoms with Crippen LogP contribution in [0.4, 0.5) is 17.1 Å². The number of hydrogen-bond acceptors (Lipinski definition) is 5. The first-order valence-corrected chi connectivity index (χ1v) is 15.9. The van der Waals surface area contributed by atoms with Crippen molar-refractivity contribution in [2.45, 2.75) is 0 Å². The summed E-state index contributed by atoms with van der Waals surface area (Å²) in [4.78, 5) is 12.3. The van der Waals surface area contributed by atoms with Gasteiger partial charge in [-0.15, -0.1) is 0 Å². The molecule has 0 amide bonds. The summed E-state index contributed by atoms with van der Waals surface area (Å²) in [7, 11) is 0. The van der Waals surface area contributed by atoms with Crippen molar-refractivity contribution in [3.05, 3.63) is 170 Å². The predicted octanol–water partition coefficient (Wildman–Crippen LogP) is 10.3. The average Bonchev–Trinajstić information content (AvgIpc) is 3.50. The lowest BCUT2D eigenvalue weighted by molar-refractivity contribution is 1.02. The van der Waals surface area contributed by atoms with Gasteiger partial charge in [-0.25, -0.2) is 9.97 Å². The average molecular weight is 617 g/mol. The van der Waals surface area contributed by atoms with Crippen molar-refractivity contribution in [1.82, 2.24) is 24.7 Å². The largest absolute Gasteiger partial charge is 0.309 e. The van der Waals surface area contributed by atoms with Gasteiger partial charge in [0.25, 0.3) is 0 Å². The number of anilines is 3. The molecule has 0 aliphatic heterocycles. The first-order valence-electron chi connectivity index (χ1n) is 15.9. The molecule has 3 heterocycles. The van der Waals surface area contributed by atoms with Crippen LogP contribution in [0.25, 0.3) is 61.0 Å². The summed E-state index contributed by atoms with van der Waals surface area (Å²) >= 11 is 0. The molecular formula is C42H28N6. The third-order valence-electron chi connectivity index (χ3n) is 8.79. The van der Waals surface area contributed by atoms with Crippen molar-refractivity contribution in [1.29, 1.82) is 0 Å². The van der Waals surface area contributed by atoms with E-state index in [0.29, 0.717) is 0 Å². The highest BCUT2D eigenvalue weighted by Crippen LogP contribution is 2.38. The van der Waals surface area contributed by atoms with Gasteiger partial charge in [-0.1, -0.05) is 91.0 Å². The molecule has 6 nitrogen and oxygen atoms in total. The molecule has 0 saturated carbocycles. The predicted molar refractivity (Wildman–Crippen MR) is 195 cm³/mol. The summed E-state index contributed by atoms with van der Waals surface area (Å²) in [6.45, 7) is 0. The van der Waals surface area contributed by atoms with Crippen molar-refractivity contribution < 1.29 is 0 Å². The third-order valence-corrected chi connectivity index (χ3v) is 8.79. The van der Waals surface area contributed by atoms with Crippen LogP contribution in [-0.2, 0) is 0 Å². The van der Waals surface area contributed by atoms with Gasteiger partial charge in [0, 0.05) is 39.0 Å². The fraction of sp³-hybridized carbons (Fsp3) is 0. The molecule has 0 atom stereocenters. The molecule has 0 aliphatic carbocycles. The monoisotopic (exact) mass is 616 g/mol. The molecule has 3 aromatic heterocycles. The van der Waals surface area contributed by atoms with Gasteiger partial charge < -0.3 is 9.47 Å². The lowest BCUT2D eigenvalue weighted by Gasteiger charge is -2.25. The molecule has 6 heteroatoms. The molecule has 0 N–H and O–H groups in total. The number of benzene rings is 6. The van der Waals surface area contributed by atoms with Crippen LogP contribution in [0.1, 0.15) is 0 Å². The standard InChI is InChI=1S/C42H28N6/c1-2-10-29(11-3-1)41-42(46-38-15-7-6-14-37(38)45-41)30-18-20-31(21-19-30)47(34-26-27-43-44-28-34)32-22-24-33(25-23-32)48-39-16-8-4-12-35(39)36-13-5-9-17-40(36)48/h1-28H. The first-order chi connectivity index (χ1) is 23.8. The Labute approximate surface area is 277 Å². The maximum atomic E-state index is 5.09. The van der Waals surface area contributed by atoms with Crippen LogP contribution in [0.5, 0.6) is 0 Å². The van der Waals surface area contributed by atoms with E-state index >= 15 is 0 Å². The van der Waals surface area contributed by atoms with E-state index in [4.69, 9.17) is 9.97 Å². The molecule has 0 bridgehead atoms. The van der Waals surface area contributed by atoms with Crippen molar-refractivity contribution >= 4 is 49.9 Å². The highest BCUT2D eigenvalue weighted by atomic mass is 15.2. The first kappa shape index (κ1) is 27.6. The van der Waals surface area contributed by atoms with E-state index in [1.807, 2.05) is 48.5 Å². The molecule has 0 unspecified atom stereocenters. The molecule has 9 aromatic rings. The molecule has 0 fully saturated rings. The zero-order valence-electron chi connectivity index (χ0n) is 25.8. The Bertz CT molecular complexity index is 2490. The number of hydrogen-bond donors (Lipinski definition) is 0. The Hall–Kier alpha value is -6.66. The second kappa shape index (κ2) is 11.6. The number of nitrogens with zero attached hydrogens (tertiary/aromatic N) is 6. The van der Waals surface area contributed by atoms with Crippen LogP contribution in [-0.4, -0.2) is 24.7 Å². The minimum Gasteiger partial charge on any atom is -0.309 e. The Morgan fingerprint density at radius 2 is 0.938 bits per heavy atom.